The number of benzene rings is 3. The van der Waals surface area contributed by atoms with Gasteiger partial charge in [-0.1, -0.05) is 30.3 Å². The Morgan fingerprint density at radius 1 is 0.731 bits per heavy atom. The molecule has 0 saturated heterocycles. The summed E-state index contributed by atoms with van der Waals surface area (Å²) in [6.45, 7) is 2.81. The van der Waals surface area contributed by atoms with E-state index < -0.39 is 5.97 Å². The lowest BCUT2D eigenvalue weighted by molar-refractivity contribution is 0.0734. The number of hydrogen-bond acceptors (Lipinski definition) is 4. The molecule has 3 aromatic carbocycles. The van der Waals surface area contributed by atoms with Gasteiger partial charge >= 0.3 is 5.97 Å². The molecule has 0 aliphatic carbocycles. The van der Waals surface area contributed by atoms with Gasteiger partial charge in [-0.3, -0.25) is 0 Å². The molecule has 0 spiro atoms. The van der Waals surface area contributed by atoms with E-state index in [1.54, 1.807) is 30.3 Å². The van der Waals surface area contributed by atoms with Crippen LogP contribution in [-0.2, 0) is 0 Å². The van der Waals surface area contributed by atoms with Crippen molar-refractivity contribution in [2.45, 2.75) is 6.92 Å². The van der Waals surface area contributed by atoms with Gasteiger partial charge in [-0.05, 0) is 61.0 Å². The fourth-order valence-corrected chi connectivity index (χ4v) is 2.37. The van der Waals surface area contributed by atoms with Crippen LogP contribution in [0, 0.1) is 6.92 Å². The monoisotopic (exact) mass is 348 g/mol. The average molecular weight is 348 g/mol. The van der Waals surface area contributed by atoms with E-state index in [4.69, 9.17) is 14.2 Å². The maximum absolute atomic E-state index is 12.2. The van der Waals surface area contributed by atoms with Crippen LogP contribution in [0.3, 0.4) is 0 Å². The van der Waals surface area contributed by atoms with Crippen LogP contribution in [0.25, 0.3) is 0 Å². The van der Waals surface area contributed by atoms with Gasteiger partial charge < -0.3 is 14.2 Å². The summed E-state index contributed by atoms with van der Waals surface area (Å²) in [5, 5.41) is 0. The van der Waals surface area contributed by atoms with Crippen molar-refractivity contribution in [2.75, 3.05) is 13.2 Å². The number of aryl methyl sites for hydroxylation is 1. The molecule has 0 bridgehead atoms. The topological polar surface area (TPSA) is 44.8 Å². The zero-order chi connectivity index (χ0) is 18.2. The Balaban J connectivity index is 1.47. The van der Waals surface area contributed by atoms with Gasteiger partial charge in [-0.15, -0.1) is 0 Å². The predicted octanol–water partition coefficient (Wildman–Crippen LogP) is 4.67. The molecule has 0 fully saturated rings. The fourth-order valence-electron chi connectivity index (χ4n) is 2.37. The zero-order valence-electron chi connectivity index (χ0n) is 14.6. The minimum absolute atomic E-state index is 0.394. The molecule has 4 heteroatoms. The first-order valence-corrected chi connectivity index (χ1v) is 8.40. The highest BCUT2D eigenvalue weighted by Gasteiger charge is 2.09. The van der Waals surface area contributed by atoms with Gasteiger partial charge in [0, 0.05) is 0 Å². The van der Waals surface area contributed by atoms with Crippen molar-refractivity contribution < 1.29 is 19.0 Å². The largest absolute Gasteiger partial charge is 0.490 e. The maximum Gasteiger partial charge on any atom is 0.343 e. The third-order valence-corrected chi connectivity index (χ3v) is 3.65. The van der Waals surface area contributed by atoms with Gasteiger partial charge in [0.05, 0.1) is 5.56 Å². The number of hydrogen-bond donors (Lipinski definition) is 0. The lowest BCUT2D eigenvalue weighted by Gasteiger charge is -2.09. The molecule has 0 radical (unpaired) electrons. The molecule has 0 aliphatic heterocycles. The highest BCUT2D eigenvalue weighted by Crippen LogP contribution is 2.17. The SMILES string of the molecule is Cc1cccc(OC(=O)c2ccc(OCCOc3ccccc3)cc2)c1. The summed E-state index contributed by atoms with van der Waals surface area (Å²) in [5.41, 5.74) is 1.51. The van der Waals surface area contributed by atoms with Crippen LogP contribution in [0.5, 0.6) is 17.2 Å². The Hall–Kier alpha value is -3.27. The molecule has 132 valence electrons. The summed E-state index contributed by atoms with van der Waals surface area (Å²) < 4.78 is 16.6. The van der Waals surface area contributed by atoms with Crippen LogP contribution in [0.1, 0.15) is 15.9 Å². The average Bonchev–Trinajstić information content (AvgIpc) is 2.66. The highest BCUT2D eigenvalue weighted by atomic mass is 16.5. The van der Waals surface area contributed by atoms with Crippen molar-refractivity contribution in [1.29, 1.82) is 0 Å². The zero-order valence-corrected chi connectivity index (χ0v) is 14.6. The third-order valence-electron chi connectivity index (χ3n) is 3.65. The number of carbonyl (C=O) groups is 1. The summed E-state index contributed by atoms with van der Waals surface area (Å²) in [7, 11) is 0. The molecule has 0 heterocycles. The van der Waals surface area contributed by atoms with Crippen molar-refractivity contribution in [3.05, 3.63) is 90.0 Å². The predicted molar refractivity (Wildman–Crippen MR) is 100 cm³/mol. The molecule has 0 N–H and O–H groups in total. The number of para-hydroxylation sites is 1. The minimum Gasteiger partial charge on any atom is -0.490 e. The normalized spacial score (nSPS) is 10.2. The van der Waals surface area contributed by atoms with E-state index in [9.17, 15) is 4.79 Å². The summed E-state index contributed by atoms with van der Waals surface area (Å²) >= 11 is 0. The number of rotatable bonds is 7. The first-order chi connectivity index (χ1) is 12.7. The Morgan fingerprint density at radius 2 is 1.35 bits per heavy atom. The smallest absolute Gasteiger partial charge is 0.343 e. The van der Waals surface area contributed by atoms with Crippen molar-refractivity contribution in [1.82, 2.24) is 0 Å². The Labute approximate surface area is 153 Å². The van der Waals surface area contributed by atoms with E-state index in [-0.39, 0.29) is 0 Å². The van der Waals surface area contributed by atoms with Gasteiger partial charge in [0.15, 0.2) is 0 Å². The van der Waals surface area contributed by atoms with Crippen molar-refractivity contribution in [3.8, 4) is 17.2 Å². The van der Waals surface area contributed by atoms with Crippen LogP contribution < -0.4 is 14.2 Å². The summed E-state index contributed by atoms with van der Waals surface area (Å²) in [6.07, 6.45) is 0. The molecule has 0 unspecified atom stereocenters. The molecular formula is C22H20O4. The summed E-state index contributed by atoms with van der Waals surface area (Å²) in [5.74, 6) is 1.63. The molecule has 0 aliphatic rings. The van der Waals surface area contributed by atoms with E-state index in [1.165, 1.54) is 0 Å². The molecule has 0 aromatic heterocycles. The molecule has 0 amide bonds. The van der Waals surface area contributed by atoms with Crippen molar-refractivity contribution >= 4 is 5.97 Å². The van der Waals surface area contributed by atoms with Gasteiger partial charge in [0.2, 0.25) is 0 Å². The van der Waals surface area contributed by atoms with E-state index in [0.29, 0.717) is 30.3 Å². The highest BCUT2D eigenvalue weighted by molar-refractivity contribution is 5.91. The summed E-state index contributed by atoms with van der Waals surface area (Å²) in [4.78, 5) is 12.2. The second-order valence-electron chi connectivity index (χ2n) is 5.74. The molecule has 4 nitrogen and oxygen atoms in total. The molecule has 26 heavy (non-hydrogen) atoms. The van der Waals surface area contributed by atoms with Gasteiger partial charge in [0.1, 0.15) is 30.5 Å². The van der Waals surface area contributed by atoms with Gasteiger partial charge in [0.25, 0.3) is 0 Å². The third kappa shape index (κ3) is 5.11. The second kappa shape index (κ2) is 8.72. The standard InChI is InChI=1S/C22H20O4/c1-17-6-5-9-21(16-17)26-22(23)18-10-12-20(13-11-18)25-15-14-24-19-7-3-2-4-8-19/h2-13,16H,14-15H2,1H3. The summed E-state index contributed by atoms with van der Waals surface area (Å²) in [6, 6.07) is 23.8. The lowest BCUT2D eigenvalue weighted by Crippen LogP contribution is -2.10. The minimum atomic E-state index is -0.394. The number of esters is 1. The van der Waals surface area contributed by atoms with Crippen LogP contribution >= 0.6 is 0 Å². The lowest BCUT2D eigenvalue weighted by atomic mass is 10.2. The van der Waals surface area contributed by atoms with E-state index in [0.717, 1.165) is 11.3 Å². The van der Waals surface area contributed by atoms with Crippen LogP contribution in [0.15, 0.2) is 78.9 Å². The second-order valence-corrected chi connectivity index (χ2v) is 5.74. The Morgan fingerprint density at radius 3 is 2.00 bits per heavy atom. The van der Waals surface area contributed by atoms with E-state index in [1.807, 2.05) is 55.5 Å². The molecule has 0 saturated carbocycles. The van der Waals surface area contributed by atoms with Crippen LogP contribution in [-0.4, -0.2) is 19.2 Å². The molecular weight excluding hydrogens is 328 g/mol. The van der Waals surface area contributed by atoms with Gasteiger partial charge in [-0.25, -0.2) is 4.79 Å². The van der Waals surface area contributed by atoms with E-state index >= 15 is 0 Å². The Bertz CT molecular complexity index is 842. The number of carbonyl (C=O) groups excluding carboxylic acids is 1. The van der Waals surface area contributed by atoms with Crippen molar-refractivity contribution in [3.63, 3.8) is 0 Å². The van der Waals surface area contributed by atoms with E-state index in [2.05, 4.69) is 0 Å². The Kier molecular flexibility index (Phi) is 5.88. The molecule has 3 aromatic rings. The molecule has 0 atom stereocenters. The first kappa shape index (κ1) is 17.5. The van der Waals surface area contributed by atoms with Gasteiger partial charge in [-0.2, -0.15) is 0 Å². The fraction of sp³-hybridized carbons (Fsp3) is 0.136. The number of ether oxygens (including phenoxy) is 3. The molecule has 3 rings (SSSR count). The van der Waals surface area contributed by atoms with Crippen LogP contribution in [0.4, 0.5) is 0 Å². The quantitative estimate of drug-likeness (QED) is 0.353. The van der Waals surface area contributed by atoms with Crippen molar-refractivity contribution in [2.24, 2.45) is 0 Å². The first-order valence-electron chi connectivity index (χ1n) is 8.40. The van der Waals surface area contributed by atoms with Crippen LogP contribution in [0.2, 0.25) is 0 Å². The maximum atomic E-state index is 12.2.